The molecule has 0 amide bonds. The fraction of sp³-hybridized carbons (Fsp3) is 0.143. The van der Waals surface area contributed by atoms with E-state index in [-0.39, 0.29) is 0 Å². The molecule has 2 nitrogen and oxygen atoms in total. The van der Waals surface area contributed by atoms with Crippen molar-refractivity contribution in [1.82, 2.24) is 0 Å². The number of anilines is 2. The number of hydrogen-bond acceptors (Lipinski definition) is 4. The van der Waals surface area contributed by atoms with E-state index in [4.69, 9.17) is 0 Å². The molecule has 0 spiro atoms. The molecule has 0 fully saturated rings. The van der Waals surface area contributed by atoms with E-state index < -0.39 is 0 Å². The Balaban J connectivity index is 1.56. The van der Waals surface area contributed by atoms with Crippen LogP contribution >= 0.6 is 23.5 Å². The molecular weight excluding hydrogens is 260 g/mol. The van der Waals surface area contributed by atoms with Crippen molar-refractivity contribution in [2.24, 2.45) is 0 Å². The van der Waals surface area contributed by atoms with Gasteiger partial charge in [-0.25, -0.2) is 0 Å². The van der Waals surface area contributed by atoms with Crippen LogP contribution in [-0.2, 0) is 0 Å². The maximum atomic E-state index is 3.59. The average molecular weight is 272 g/mol. The Kier molecular flexibility index (Phi) is 2.45. The van der Waals surface area contributed by atoms with Crippen LogP contribution in [0.4, 0.5) is 11.4 Å². The van der Waals surface area contributed by atoms with Gasteiger partial charge in [-0.2, -0.15) is 0 Å². The van der Waals surface area contributed by atoms with Gasteiger partial charge in [0.15, 0.2) is 0 Å². The molecule has 2 aliphatic rings. The number of para-hydroxylation sites is 2. The third kappa shape index (κ3) is 1.68. The molecule has 90 valence electrons. The number of thioether (sulfide) groups is 2. The van der Waals surface area contributed by atoms with Crippen molar-refractivity contribution in [2.45, 2.75) is 20.5 Å². The number of hydrogen-bond donors (Lipinski definition) is 2. The van der Waals surface area contributed by atoms with E-state index in [1.54, 1.807) is 0 Å². The van der Waals surface area contributed by atoms with Crippen LogP contribution in [0.5, 0.6) is 0 Å². The van der Waals surface area contributed by atoms with Gasteiger partial charge in [0, 0.05) is 21.2 Å². The molecule has 2 heterocycles. The molecule has 2 unspecified atom stereocenters. The van der Waals surface area contributed by atoms with Crippen LogP contribution in [-0.4, -0.2) is 10.7 Å². The second kappa shape index (κ2) is 4.14. The molecule has 2 N–H and O–H groups in total. The van der Waals surface area contributed by atoms with Gasteiger partial charge in [0.05, 0.1) is 0 Å². The van der Waals surface area contributed by atoms with Crippen LogP contribution in [0.15, 0.2) is 58.3 Å². The number of rotatable bonds is 1. The van der Waals surface area contributed by atoms with Gasteiger partial charge in [-0.05, 0) is 24.3 Å². The van der Waals surface area contributed by atoms with Gasteiger partial charge >= 0.3 is 0 Å². The second-order valence-corrected chi connectivity index (χ2v) is 6.72. The highest BCUT2D eigenvalue weighted by atomic mass is 32.2. The van der Waals surface area contributed by atoms with Crippen LogP contribution < -0.4 is 10.6 Å². The molecule has 2 aromatic rings. The lowest BCUT2D eigenvalue weighted by atomic mass is 10.3. The highest BCUT2D eigenvalue weighted by Crippen LogP contribution is 2.47. The van der Waals surface area contributed by atoms with Crippen LogP contribution in [0.1, 0.15) is 0 Å². The van der Waals surface area contributed by atoms with Crippen LogP contribution in [0.3, 0.4) is 0 Å². The molecule has 4 rings (SSSR count). The van der Waals surface area contributed by atoms with Gasteiger partial charge in [0.2, 0.25) is 0 Å². The third-order valence-corrected chi connectivity index (χ3v) is 5.83. The van der Waals surface area contributed by atoms with Crippen LogP contribution in [0.25, 0.3) is 0 Å². The van der Waals surface area contributed by atoms with E-state index in [1.807, 2.05) is 23.5 Å². The molecule has 0 saturated carbocycles. The lowest BCUT2D eigenvalue weighted by Crippen LogP contribution is -2.29. The van der Waals surface area contributed by atoms with Crippen molar-refractivity contribution in [2.75, 3.05) is 10.6 Å². The van der Waals surface area contributed by atoms with E-state index in [9.17, 15) is 0 Å². The summed E-state index contributed by atoms with van der Waals surface area (Å²) in [5.41, 5.74) is 2.51. The van der Waals surface area contributed by atoms with Crippen LogP contribution in [0, 0.1) is 0 Å². The predicted octanol–water partition coefficient (Wildman–Crippen LogP) is 4.07. The van der Waals surface area contributed by atoms with Crippen molar-refractivity contribution in [1.29, 1.82) is 0 Å². The van der Waals surface area contributed by atoms with Crippen molar-refractivity contribution in [3.05, 3.63) is 48.5 Å². The Morgan fingerprint density at radius 2 is 1.11 bits per heavy atom. The quantitative estimate of drug-likeness (QED) is 0.817. The summed E-state index contributed by atoms with van der Waals surface area (Å²) in [6.07, 6.45) is 0. The lowest BCUT2D eigenvalue weighted by molar-refractivity contribution is 0.978. The van der Waals surface area contributed by atoms with E-state index in [0.717, 1.165) is 0 Å². The molecule has 0 saturated heterocycles. The molecule has 0 aromatic heterocycles. The lowest BCUT2D eigenvalue weighted by Gasteiger charge is -2.18. The Hall–Kier alpha value is -1.26. The standard InChI is InChI=1S/C14H12N2S2/c1-3-7-11-9(5-1)15-13(17-11)14-16-10-6-2-4-8-12(10)18-14/h1-8,13-16H. The van der Waals surface area contributed by atoms with Gasteiger partial charge in [0.1, 0.15) is 10.7 Å². The molecule has 0 aliphatic carbocycles. The molecule has 2 aliphatic heterocycles. The zero-order valence-electron chi connectivity index (χ0n) is 9.59. The second-order valence-electron chi connectivity index (χ2n) is 4.36. The van der Waals surface area contributed by atoms with Crippen molar-refractivity contribution < 1.29 is 0 Å². The third-order valence-electron chi connectivity index (χ3n) is 3.15. The Morgan fingerprint density at radius 3 is 1.56 bits per heavy atom. The first-order chi connectivity index (χ1) is 8.90. The summed E-state index contributed by atoms with van der Waals surface area (Å²) in [6.45, 7) is 0. The Labute approximate surface area is 115 Å². The first-order valence-electron chi connectivity index (χ1n) is 5.95. The molecule has 2 aromatic carbocycles. The van der Waals surface area contributed by atoms with Gasteiger partial charge in [-0.1, -0.05) is 47.8 Å². The van der Waals surface area contributed by atoms with Gasteiger partial charge in [-0.15, -0.1) is 0 Å². The highest BCUT2D eigenvalue weighted by Gasteiger charge is 2.33. The van der Waals surface area contributed by atoms with Gasteiger partial charge in [0.25, 0.3) is 0 Å². The summed E-state index contributed by atoms with van der Waals surface area (Å²) in [5.74, 6) is 0. The molecule has 2 atom stereocenters. The fourth-order valence-corrected chi connectivity index (χ4v) is 4.75. The normalized spacial score (nSPS) is 24.0. The first kappa shape index (κ1) is 10.6. The molecule has 0 bridgehead atoms. The zero-order chi connectivity index (χ0) is 11.9. The fourth-order valence-electron chi connectivity index (χ4n) is 2.29. The van der Waals surface area contributed by atoms with E-state index in [0.29, 0.717) is 10.7 Å². The number of benzene rings is 2. The van der Waals surface area contributed by atoms with Crippen molar-refractivity contribution in [3.63, 3.8) is 0 Å². The van der Waals surface area contributed by atoms with Crippen molar-refractivity contribution >= 4 is 34.9 Å². The number of fused-ring (bicyclic) bond motifs is 2. The minimum atomic E-state index is 0.389. The highest BCUT2D eigenvalue weighted by molar-refractivity contribution is 8.04. The summed E-state index contributed by atoms with van der Waals surface area (Å²) in [6, 6.07) is 17.0. The predicted molar refractivity (Wildman–Crippen MR) is 79.4 cm³/mol. The summed E-state index contributed by atoms with van der Waals surface area (Å²) < 4.78 is 0. The molecule has 18 heavy (non-hydrogen) atoms. The Morgan fingerprint density at radius 1 is 0.667 bits per heavy atom. The van der Waals surface area contributed by atoms with Crippen molar-refractivity contribution in [3.8, 4) is 0 Å². The number of nitrogens with one attached hydrogen (secondary N) is 2. The zero-order valence-corrected chi connectivity index (χ0v) is 11.2. The topological polar surface area (TPSA) is 24.1 Å². The van der Waals surface area contributed by atoms with E-state index in [1.165, 1.54) is 21.2 Å². The largest absolute Gasteiger partial charge is 0.370 e. The summed E-state index contributed by atoms with van der Waals surface area (Å²) in [7, 11) is 0. The maximum Gasteiger partial charge on any atom is 0.107 e. The van der Waals surface area contributed by atoms with Gasteiger partial charge in [-0.3, -0.25) is 0 Å². The average Bonchev–Trinajstić information content (AvgIpc) is 3.02. The maximum absolute atomic E-state index is 3.59. The minimum absolute atomic E-state index is 0.389. The summed E-state index contributed by atoms with van der Waals surface area (Å²) >= 11 is 3.82. The molecule has 0 radical (unpaired) electrons. The molecular formula is C14H12N2S2. The SMILES string of the molecule is c1ccc2c(c1)NC(C1Nc3ccccc3S1)S2. The minimum Gasteiger partial charge on any atom is -0.370 e. The van der Waals surface area contributed by atoms with E-state index in [2.05, 4.69) is 59.2 Å². The molecule has 4 heteroatoms. The first-order valence-corrected chi connectivity index (χ1v) is 7.70. The monoisotopic (exact) mass is 272 g/mol. The van der Waals surface area contributed by atoms with E-state index >= 15 is 0 Å². The Bertz CT molecular complexity index is 496. The smallest absolute Gasteiger partial charge is 0.107 e. The van der Waals surface area contributed by atoms with Crippen LogP contribution in [0.2, 0.25) is 0 Å². The summed E-state index contributed by atoms with van der Waals surface area (Å²) in [5, 5.41) is 7.96. The summed E-state index contributed by atoms with van der Waals surface area (Å²) in [4.78, 5) is 2.70. The van der Waals surface area contributed by atoms with Gasteiger partial charge < -0.3 is 10.6 Å².